The van der Waals surface area contributed by atoms with Crippen LogP contribution in [0.3, 0.4) is 0 Å². The fraction of sp³-hybridized carbons (Fsp3) is 0.364. The van der Waals surface area contributed by atoms with Crippen LogP contribution < -0.4 is 9.21 Å². The lowest BCUT2D eigenvalue weighted by Crippen LogP contribution is -2.48. The molecule has 164 valence electrons. The molecule has 0 unspecified atom stereocenters. The van der Waals surface area contributed by atoms with E-state index in [1.54, 1.807) is 30.9 Å². The van der Waals surface area contributed by atoms with Crippen LogP contribution in [0.1, 0.15) is 24.2 Å². The molecule has 4 rings (SSSR count). The van der Waals surface area contributed by atoms with Crippen molar-refractivity contribution in [1.29, 1.82) is 0 Å². The molecule has 2 amide bonds. The van der Waals surface area contributed by atoms with Crippen LogP contribution in [0.15, 0.2) is 48.5 Å². The van der Waals surface area contributed by atoms with Gasteiger partial charge in [-0.2, -0.15) is 0 Å². The maximum Gasteiger partial charge on any atom is 0.253 e. The zero-order chi connectivity index (χ0) is 22.4. The van der Waals surface area contributed by atoms with Gasteiger partial charge in [-0.1, -0.05) is 17.7 Å². The van der Waals surface area contributed by atoms with Crippen molar-refractivity contribution in [1.82, 2.24) is 4.90 Å². The lowest BCUT2D eigenvalue weighted by Gasteiger charge is -2.36. The summed E-state index contributed by atoms with van der Waals surface area (Å²) in [4.78, 5) is 29.4. The fourth-order valence-electron chi connectivity index (χ4n) is 4.02. The van der Waals surface area contributed by atoms with Crippen LogP contribution in [0, 0.1) is 5.41 Å². The molecule has 0 saturated carbocycles. The lowest BCUT2D eigenvalue weighted by atomic mass is 9.95. The Bertz CT molecular complexity index is 1120. The first-order valence-corrected chi connectivity index (χ1v) is 12.0. The van der Waals surface area contributed by atoms with E-state index in [4.69, 9.17) is 11.6 Å². The van der Waals surface area contributed by atoms with Gasteiger partial charge in [-0.3, -0.25) is 9.59 Å². The number of hydrogen-bond donors (Lipinski definition) is 0. The van der Waals surface area contributed by atoms with Gasteiger partial charge in [-0.25, -0.2) is 12.7 Å². The highest BCUT2D eigenvalue weighted by molar-refractivity contribution is 7.94. The summed E-state index contributed by atoms with van der Waals surface area (Å²) in [5, 5.41) is 0.679. The van der Waals surface area contributed by atoms with Gasteiger partial charge in [-0.05, 0) is 56.3 Å². The van der Waals surface area contributed by atoms with Gasteiger partial charge in [0.05, 0.1) is 16.9 Å². The van der Waals surface area contributed by atoms with E-state index >= 15 is 0 Å². The van der Waals surface area contributed by atoms with E-state index in [9.17, 15) is 18.0 Å². The van der Waals surface area contributed by atoms with Crippen molar-refractivity contribution >= 4 is 44.8 Å². The number of amides is 2. The molecule has 0 spiro atoms. The smallest absolute Gasteiger partial charge is 0.253 e. The van der Waals surface area contributed by atoms with Crippen LogP contribution in [-0.2, 0) is 14.8 Å². The topological polar surface area (TPSA) is 78.0 Å². The summed E-state index contributed by atoms with van der Waals surface area (Å²) >= 11 is 6.07. The molecule has 9 heteroatoms. The molecule has 2 fully saturated rings. The first-order chi connectivity index (χ1) is 14.6. The summed E-state index contributed by atoms with van der Waals surface area (Å²) in [6.07, 6.45) is 0. The van der Waals surface area contributed by atoms with E-state index in [1.807, 2.05) is 24.3 Å². The van der Waals surface area contributed by atoms with Gasteiger partial charge in [0.1, 0.15) is 0 Å². The molecule has 7 nitrogen and oxygen atoms in total. The van der Waals surface area contributed by atoms with E-state index in [2.05, 4.69) is 4.90 Å². The number of anilines is 2. The number of hydrogen-bond acceptors (Lipinski definition) is 5. The molecule has 2 aromatic carbocycles. The Morgan fingerprint density at radius 1 is 0.968 bits per heavy atom. The number of carbonyl (C=O) groups is 2. The summed E-state index contributed by atoms with van der Waals surface area (Å²) in [5.74, 6) is -0.798. The molecular weight excluding hydrogens is 438 g/mol. The molecule has 0 atom stereocenters. The molecule has 0 aliphatic carbocycles. The molecule has 31 heavy (non-hydrogen) atoms. The average Bonchev–Trinajstić information content (AvgIpc) is 2.90. The molecule has 0 aromatic heterocycles. The third-order valence-corrected chi connectivity index (χ3v) is 7.93. The SMILES string of the molecule is CC1(C)CS(=O)(=O)N(c2ccc(C(=O)N3CCN(c4cccc(Cl)c4)CC3)cc2)C1=O. The highest BCUT2D eigenvalue weighted by Crippen LogP contribution is 2.35. The second kappa shape index (κ2) is 7.84. The van der Waals surface area contributed by atoms with Gasteiger partial charge < -0.3 is 9.80 Å². The molecule has 0 bridgehead atoms. The van der Waals surface area contributed by atoms with E-state index in [1.165, 1.54) is 12.1 Å². The van der Waals surface area contributed by atoms with Gasteiger partial charge in [0, 0.05) is 42.5 Å². The van der Waals surface area contributed by atoms with E-state index in [-0.39, 0.29) is 17.3 Å². The van der Waals surface area contributed by atoms with Gasteiger partial charge in [-0.15, -0.1) is 0 Å². The predicted molar refractivity (Wildman–Crippen MR) is 121 cm³/mol. The van der Waals surface area contributed by atoms with Crippen LogP contribution in [0.5, 0.6) is 0 Å². The van der Waals surface area contributed by atoms with Crippen molar-refractivity contribution in [3.63, 3.8) is 0 Å². The number of carbonyl (C=O) groups excluding carboxylic acids is 2. The van der Waals surface area contributed by atoms with Crippen LogP contribution in [-0.4, -0.2) is 57.1 Å². The van der Waals surface area contributed by atoms with Gasteiger partial charge in [0.15, 0.2) is 0 Å². The van der Waals surface area contributed by atoms with Gasteiger partial charge >= 0.3 is 0 Å². The standard InChI is InChI=1S/C22H24ClN3O4S/c1-22(2)15-31(29,30)26(21(22)28)18-8-6-16(7-9-18)20(27)25-12-10-24(11-13-25)19-5-3-4-17(23)14-19/h3-9,14H,10-13,15H2,1-2H3. The molecule has 2 heterocycles. The molecule has 2 aliphatic heterocycles. The minimum atomic E-state index is -3.71. The zero-order valence-electron chi connectivity index (χ0n) is 17.4. The minimum Gasteiger partial charge on any atom is -0.368 e. The highest BCUT2D eigenvalue weighted by Gasteiger charge is 2.49. The Morgan fingerprint density at radius 2 is 1.61 bits per heavy atom. The number of rotatable bonds is 3. The van der Waals surface area contributed by atoms with Crippen LogP contribution >= 0.6 is 11.6 Å². The Balaban J connectivity index is 1.44. The molecular formula is C22H24ClN3O4S. The molecule has 0 N–H and O–H groups in total. The first-order valence-electron chi connectivity index (χ1n) is 10.1. The maximum atomic E-state index is 12.9. The van der Waals surface area contributed by atoms with Crippen molar-refractivity contribution in [2.75, 3.05) is 41.1 Å². The number of sulfonamides is 1. The Labute approximate surface area is 187 Å². The number of benzene rings is 2. The third kappa shape index (κ3) is 4.14. The predicted octanol–water partition coefficient (Wildman–Crippen LogP) is 3.01. The quantitative estimate of drug-likeness (QED) is 0.702. The Kier molecular flexibility index (Phi) is 5.47. The number of nitrogens with zero attached hydrogens (tertiary/aromatic N) is 3. The monoisotopic (exact) mass is 461 g/mol. The summed E-state index contributed by atoms with van der Waals surface area (Å²) < 4.78 is 25.7. The first kappa shape index (κ1) is 21.6. The molecule has 2 saturated heterocycles. The van der Waals surface area contributed by atoms with Crippen LogP contribution in [0.4, 0.5) is 11.4 Å². The van der Waals surface area contributed by atoms with Crippen LogP contribution in [0.25, 0.3) is 0 Å². The molecule has 2 aromatic rings. The lowest BCUT2D eigenvalue weighted by molar-refractivity contribution is -0.123. The van der Waals surface area contributed by atoms with Crippen molar-refractivity contribution in [3.8, 4) is 0 Å². The summed E-state index contributed by atoms with van der Waals surface area (Å²) in [6.45, 7) is 5.77. The summed E-state index contributed by atoms with van der Waals surface area (Å²) in [6, 6.07) is 13.8. The van der Waals surface area contributed by atoms with Crippen molar-refractivity contribution in [3.05, 3.63) is 59.1 Å². The normalized spacial score (nSPS) is 20.2. The molecule has 0 radical (unpaired) electrons. The summed E-state index contributed by atoms with van der Waals surface area (Å²) in [5.41, 5.74) is 0.792. The van der Waals surface area contributed by atoms with Crippen molar-refractivity contribution in [2.24, 2.45) is 5.41 Å². The Morgan fingerprint density at radius 3 is 2.16 bits per heavy atom. The number of piperazine rings is 1. The van der Waals surface area contributed by atoms with Gasteiger partial charge in [0.2, 0.25) is 15.9 Å². The minimum absolute atomic E-state index is 0.117. The third-order valence-electron chi connectivity index (χ3n) is 5.67. The van der Waals surface area contributed by atoms with Crippen molar-refractivity contribution in [2.45, 2.75) is 13.8 Å². The van der Waals surface area contributed by atoms with E-state index in [0.717, 1.165) is 9.99 Å². The highest BCUT2D eigenvalue weighted by atomic mass is 35.5. The van der Waals surface area contributed by atoms with E-state index in [0.29, 0.717) is 36.8 Å². The van der Waals surface area contributed by atoms with Crippen molar-refractivity contribution < 1.29 is 18.0 Å². The van der Waals surface area contributed by atoms with Gasteiger partial charge in [0.25, 0.3) is 5.91 Å². The van der Waals surface area contributed by atoms with Crippen LogP contribution in [0.2, 0.25) is 5.02 Å². The maximum absolute atomic E-state index is 12.9. The molecule has 2 aliphatic rings. The second-order valence-electron chi connectivity index (χ2n) is 8.52. The second-order valence-corrected chi connectivity index (χ2v) is 10.8. The summed E-state index contributed by atoms with van der Waals surface area (Å²) in [7, 11) is -3.71. The zero-order valence-corrected chi connectivity index (χ0v) is 19.0. The Hall–Kier alpha value is -2.58. The average molecular weight is 462 g/mol. The number of halogens is 1. The van der Waals surface area contributed by atoms with E-state index < -0.39 is 21.3 Å². The fourth-order valence-corrected chi connectivity index (χ4v) is 6.32. The largest absolute Gasteiger partial charge is 0.368 e.